The molecule has 0 bridgehead atoms. The lowest BCUT2D eigenvalue weighted by Crippen LogP contribution is -2.49. The lowest BCUT2D eigenvalue weighted by Gasteiger charge is -2.39. The molecular formula is C13H21NO4. The van der Waals surface area contributed by atoms with Crippen LogP contribution in [0, 0.1) is 11.8 Å². The summed E-state index contributed by atoms with van der Waals surface area (Å²) in [7, 11) is 0. The molecule has 2 fully saturated rings. The van der Waals surface area contributed by atoms with Gasteiger partial charge in [0.05, 0.1) is 18.4 Å². The van der Waals surface area contributed by atoms with Gasteiger partial charge in [-0.2, -0.15) is 0 Å². The minimum absolute atomic E-state index is 0.0489. The number of aliphatic hydroxyl groups excluding tert-OH is 1. The number of hydrogen-bond donors (Lipinski definition) is 2. The third kappa shape index (κ3) is 2.51. The molecule has 0 saturated heterocycles. The second-order valence-corrected chi connectivity index (χ2v) is 5.32. The Morgan fingerprint density at radius 3 is 2.17 bits per heavy atom. The van der Waals surface area contributed by atoms with Crippen molar-refractivity contribution in [1.29, 1.82) is 0 Å². The summed E-state index contributed by atoms with van der Waals surface area (Å²) in [5, 5.41) is 18.2. The van der Waals surface area contributed by atoms with Crippen LogP contribution in [-0.2, 0) is 9.59 Å². The van der Waals surface area contributed by atoms with Crippen LogP contribution in [0.4, 0.5) is 0 Å². The van der Waals surface area contributed by atoms with Crippen LogP contribution >= 0.6 is 0 Å². The van der Waals surface area contributed by atoms with E-state index in [-0.39, 0.29) is 24.5 Å². The fourth-order valence-electron chi connectivity index (χ4n) is 3.04. The summed E-state index contributed by atoms with van der Waals surface area (Å²) in [6.07, 6.45) is 5.16. The van der Waals surface area contributed by atoms with Crippen molar-refractivity contribution in [2.24, 2.45) is 11.8 Å². The van der Waals surface area contributed by atoms with E-state index < -0.39 is 11.9 Å². The summed E-state index contributed by atoms with van der Waals surface area (Å²) < 4.78 is 0. The number of carboxylic acids is 1. The van der Waals surface area contributed by atoms with Crippen LogP contribution < -0.4 is 0 Å². The second kappa shape index (κ2) is 5.69. The highest BCUT2D eigenvalue weighted by Crippen LogP contribution is 2.35. The predicted molar refractivity (Wildman–Crippen MR) is 64.9 cm³/mol. The molecule has 5 nitrogen and oxygen atoms in total. The molecule has 18 heavy (non-hydrogen) atoms. The van der Waals surface area contributed by atoms with Crippen molar-refractivity contribution in [3.63, 3.8) is 0 Å². The third-order valence-electron chi connectivity index (χ3n) is 4.29. The Bertz CT molecular complexity index is 327. The van der Waals surface area contributed by atoms with Gasteiger partial charge in [-0.1, -0.05) is 6.42 Å². The van der Waals surface area contributed by atoms with Crippen molar-refractivity contribution in [2.75, 3.05) is 13.2 Å². The number of hydrogen-bond acceptors (Lipinski definition) is 3. The Kier molecular flexibility index (Phi) is 4.22. The average molecular weight is 255 g/mol. The van der Waals surface area contributed by atoms with E-state index in [1.807, 2.05) is 0 Å². The SMILES string of the molecule is O=C(O)C1CCCC1C(=O)N(CCO)C1CCC1. The molecule has 0 aromatic rings. The molecule has 5 heteroatoms. The summed E-state index contributed by atoms with van der Waals surface area (Å²) >= 11 is 0. The van der Waals surface area contributed by atoms with Crippen LogP contribution in [0.15, 0.2) is 0 Å². The maximum atomic E-state index is 12.4. The Hall–Kier alpha value is -1.10. The summed E-state index contributed by atoms with van der Waals surface area (Å²) in [5.74, 6) is -1.82. The quantitative estimate of drug-likeness (QED) is 0.764. The van der Waals surface area contributed by atoms with E-state index in [1.54, 1.807) is 4.90 Å². The van der Waals surface area contributed by atoms with Gasteiger partial charge in [-0.25, -0.2) is 0 Å². The van der Waals surface area contributed by atoms with E-state index in [9.17, 15) is 9.59 Å². The van der Waals surface area contributed by atoms with E-state index >= 15 is 0 Å². The molecule has 2 rings (SSSR count). The summed E-state index contributed by atoms with van der Waals surface area (Å²) in [5.41, 5.74) is 0. The van der Waals surface area contributed by atoms with Gasteiger partial charge in [-0.05, 0) is 32.1 Å². The molecule has 0 aromatic heterocycles. The van der Waals surface area contributed by atoms with Gasteiger partial charge in [0.15, 0.2) is 0 Å². The lowest BCUT2D eigenvalue weighted by atomic mass is 9.88. The Morgan fingerprint density at radius 1 is 1.06 bits per heavy atom. The molecule has 2 saturated carbocycles. The van der Waals surface area contributed by atoms with Gasteiger partial charge in [0.2, 0.25) is 5.91 Å². The summed E-state index contributed by atoms with van der Waals surface area (Å²) in [6, 6.07) is 0.222. The highest BCUT2D eigenvalue weighted by molar-refractivity contribution is 5.85. The first-order valence-electron chi connectivity index (χ1n) is 6.79. The molecule has 2 atom stereocenters. The number of carbonyl (C=O) groups excluding carboxylic acids is 1. The Balaban J connectivity index is 2.04. The maximum absolute atomic E-state index is 12.4. The zero-order chi connectivity index (χ0) is 13.1. The molecule has 0 aromatic carbocycles. The fraction of sp³-hybridized carbons (Fsp3) is 0.846. The topological polar surface area (TPSA) is 77.8 Å². The molecule has 0 spiro atoms. The van der Waals surface area contributed by atoms with E-state index in [4.69, 9.17) is 10.2 Å². The van der Waals surface area contributed by atoms with Crippen molar-refractivity contribution < 1.29 is 19.8 Å². The predicted octanol–water partition coefficient (Wildman–Crippen LogP) is 0.861. The van der Waals surface area contributed by atoms with Gasteiger partial charge >= 0.3 is 5.97 Å². The largest absolute Gasteiger partial charge is 0.481 e. The van der Waals surface area contributed by atoms with Crippen LogP contribution in [0.3, 0.4) is 0 Å². The van der Waals surface area contributed by atoms with Crippen LogP contribution in [0.1, 0.15) is 38.5 Å². The van der Waals surface area contributed by atoms with Gasteiger partial charge in [-0.15, -0.1) is 0 Å². The van der Waals surface area contributed by atoms with Crippen LogP contribution in [-0.4, -0.2) is 46.2 Å². The first-order chi connectivity index (χ1) is 8.65. The van der Waals surface area contributed by atoms with Crippen molar-refractivity contribution >= 4 is 11.9 Å². The summed E-state index contributed by atoms with van der Waals surface area (Å²) in [6.45, 7) is 0.291. The molecule has 2 N–H and O–H groups in total. The van der Waals surface area contributed by atoms with Crippen molar-refractivity contribution in [3.05, 3.63) is 0 Å². The number of aliphatic hydroxyl groups is 1. The Labute approximate surface area is 107 Å². The lowest BCUT2D eigenvalue weighted by molar-refractivity contribution is -0.151. The smallest absolute Gasteiger partial charge is 0.307 e. The Morgan fingerprint density at radius 2 is 1.67 bits per heavy atom. The summed E-state index contributed by atoms with van der Waals surface area (Å²) in [4.78, 5) is 25.3. The minimum Gasteiger partial charge on any atom is -0.481 e. The fourth-order valence-corrected chi connectivity index (χ4v) is 3.04. The normalized spacial score (nSPS) is 27.8. The molecule has 2 aliphatic rings. The number of aliphatic carboxylic acids is 1. The van der Waals surface area contributed by atoms with Gasteiger partial charge < -0.3 is 15.1 Å². The number of carbonyl (C=O) groups is 2. The van der Waals surface area contributed by atoms with E-state index in [1.165, 1.54) is 0 Å². The standard InChI is InChI=1S/C13H21NO4/c15-8-7-14(9-3-1-4-9)12(16)10-5-2-6-11(10)13(17)18/h9-11,15H,1-8H2,(H,17,18). The van der Waals surface area contributed by atoms with E-state index in [2.05, 4.69) is 0 Å². The number of amides is 1. The highest BCUT2D eigenvalue weighted by Gasteiger charge is 2.41. The molecule has 0 heterocycles. The van der Waals surface area contributed by atoms with Gasteiger partial charge in [-0.3, -0.25) is 9.59 Å². The first-order valence-corrected chi connectivity index (χ1v) is 6.79. The van der Waals surface area contributed by atoms with E-state index in [0.717, 1.165) is 25.7 Å². The minimum atomic E-state index is -0.858. The van der Waals surface area contributed by atoms with Gasteiger partial charge in [0.25, 0.3) is 0 Å². The third-order valence-corrected chi connectivity index (χ3v) is 4.29. The average Bonchev–Trinajstić information content (AvgIpc) is 2.74. The molecule has 0 radical (unpaired) electrons. The first kappa shape index (κ1) is 13.3. The maximum Gasteiger partial charge on any atom is 0.307 e. The number of carboxylic acid groups (broad SMARTS) is 1. The molecule has 0 aliphatic heterocycles. The molecular weight excluding hydrogens is 234 g/mol. The van der Waals surface area contributed by atoms with E-state index in [0.29, 0.717) is 19.4 Å². The molecule has 2 unspecified atom stereocenters. The van der Waals surface area contributed by atoms with Gasteiger partial charge in [0, 0.05) is 12.6 Å². The van der Waals surface area contributed by atoms with Crippen LogP contribution in [0.2, 0.25) is 0 Å². The van der Waals surface area contributed by atoms with Crippen LogP contribution in [0.25, 0.3) is 0 Å². The van der Waals surface area contributed by atoms with Crippen molar-refractivity contribution in [2.45, 2.75) is 44.6 Å². The monoisotopic (exact) mass is 255 g/mol. The van der Waals surface area contributed by atoms with Crippen molar-refractivity contribution in [1.82, 2.24) is 4.90 Å². The number of rotatable bonds is 5. The zero-order valence-electron chi connectivity index (χ0n) is 10.5. The van der Waals surface area contributed by atoms with Crippen LogP contribution in [0.5, 0.6) is 0 Å². The second-order valence-electron chi connectivity index (χ2n) is 5.32. The molecule has 102 valence electrons. The van der Waals surface area contributed by atoms with Gasteiger partial charge in [0.1, 0.15) is 0 Å². The molecule has 2 aliphatic carbocycles. The van der Waals surface area contributed by atoms with Crippen molar-refractivity contribution in [3.8, 4) is 0 Å². The zero-order valence-corrected chi connectivity index (χ0v) is 10.5. The number of nitrogens with zero attached hydrogens (tertiary/aromatic N) is 1. The molecule has 1 amide bonds. The highest BCUT2D eigenvalue weighted by atomic mass is 16.4.